The fourth-order valence-electron chi connectivity index (χ4n) is 3.29. The molecule has 0 saturated carbocycles. The number of benzene rings is 1. The van der Waals surface area contributed by atoms with E-state index in [1.165, 1.54) is 12.1 Å². The molecular weight excluding hydrogens is 347 g/mol. The molecule has 0 unspecified atom stereocenters. The second kappa shape index (κ2) is 6.59. The predicted octanol–water partition coefficient (Wildman–Crippen LogP) is 3.58. The fraction of sp³-hybridized carbons (Fsp3) is 0.250. The molecule has 0 saturated heterocycles. The molecule has 4 rings (SSSR count). The Bertz CT molecular complexity index is 1190. The number of pyridine rings is 1. The van der Waals surface area contributed by atoms with Gasteiger partial charge in [0.05, 0.1) is 28.8 Å². The topological polar surface area (TPSA) is 61.4 Å². The predicted molar refractivity (Wildman–Crippen MR) is 101 cm³/mol. The Labute approximate surface area is 154 Å². The van der Waals surface area contributed by atoms with Crippen molar-refractivity contribution in [1.82, 2.24) is 19.2 Å². The first-order valence-corrected chi connectivity index (χ1v) is 8.67. The SMILES string of the molecule is COCc1nn2c(ncc3c(=O)n(C(C)C)ccc32)c1-c1ccc(F)cc1. The van der Waals surface area contributed by atoms with Crippen LogP contribution in [0.25, 0.3) is 27.7 Å². The van der Waals surface area contributed by atoms with E-state index in [1.54, 1.807) is 40.7 Å². The number of methoxy groups -OCH3 is 1. The van der Waals surface area contributed by atoms with Crippen molar-refractivity contribution in [2.24, 2.45) is 0 Å². The third kappa shape index (κ3) is 2.80. The number of nitrogens with zero attached hydrogens (tertiary/aromatic N) is 4. The second-order valence-electron chi connectivity index (χ2n) is 6.68. The molecule has 0 radical (unpaired) electrons. The number of hydrogen-bond donors (Lipinski definition) is 0. The van der Waals surface area contributed by atoms with Gasteiger partial charge in [-0.1, -0.05) is 12.1 Å². The Morgan fingerprint density at radius 3 is 2.59 bits per heavy atom. The molecule has 0 N–H and O–H groups in total. The van der Waals surface area contributed by atoms with Gasteiger partial charge in [0.15, 0.2) is 5.65 Å². The van der Waals surface area contributed by atoms with Gasteiger partial charge in [-0.05, 0) is 37.6 Å². The molecule has 138 valence electrons. The average Bonchev–Trinajstić information content (AvgIpc) is 3.01. The summed E-state index contributed by atoms with van der Waals surface area (Å²) in [4.78, 5) is 17.3. The molecule has 0 aliphatic carbocycles. The highest BCUT2D eigenvalue weighted by atomic mass is 19.1. The Morgan fingerprint density at radius 1 is 1.19 bits per heavy atom. The van der Waals surface area contributed by atoms with Crippen molar-refractivity contribution in [1.29, 1.82) is 0 Å². The van der Waals surface area contributed by atoms with Gasteiger partial charge in [-0.15, -0.1) is 0 Å². The first-order chi connectivity index (χ1) is 13.0. The molecule has 4 aromatic rings. The van der Waals surface area contributed by atoms with Gasteiger partial charge in [0.25, 0.3) is 5.56 Å². The van der Waals surface area contributed by atoms with Crippen molar-refractivity contribution in [3.63, 3.8) is 0 Å². The van der Waals surface area contributed by atoms with Crippen LogP contribution in [-0.4, -0.2) is 26.3 Å². The van der Waals surface area contributed by atoms with Crippen LogP contribution in [0.3, 0.4) is 0 Å². The van der Waals surface area contributed by atoms with Gasteiger partial charge >= 0.3 is 0 Å². The van der Waals surface area contributed by atoms with Crippen molar-refractivity contribution in [2.75, 3.05) is 7.11 Å². The van der Waals surface area contributed by atoms with Crippen molar-refractivity contribution < 1.29 is 9.13 Å². The fourth-order valence-corrected chi connectivity index (χ4v) is 3.29. The van der Waals surface area contributed by atoms with Gasteiger partial charge in [-0.2, -0.15) is 5.10 Å². The van der Waals surface area contributed by atoms with E-state index in [0.717, 1.165) is 11.1 Å². The van der Waals surface area contributed by atoms with Crippen molar-refractivity contribution in [2.45, 2.75) is 26.5 Å². The van der Waals surface area contributed by atoms with Gasteiger partial charge in [0, 0.05) is 25.5 Å². The summed E-state index contributed by atoms with van der Waals surface area (Å²) in [5.41, 5.74) is 3.41. The summed E-state index contributed by atoms with van der Waals surface area (Å²) in [5, 5.41) is 5.13. The first kappa shape index (κ1) is 17.4. The van der Waals surface area contributed by atoms with E-state index >= 15 is 0 Å². The number of fused-ring (bicyclic) bond motifs is 3. The first-order valence-electron chi connectivity index (χ1n) is 8.67. The summed E-state index contributed by atoms with van der Waals surface area (Å²) in [5.74, 6) is -0.309. The molecule has 1 aromatic carbocycles. The number of rotatable bonds is 4. The molecular formula is C20H19FN4O2. The second-order valence-corrected chi connectivity index (χ2v) is 6.68. The standard InChI is InChI=1S/C20H19FN4O2/c1-12(2)24-9-8-17-15(20(24)26)10-22-19-18(13-4-6-14(21)7-5-13)16(11-27-3)23-25(17)19/h4-10,12H,11H2,1-3H3. The summed E-state index contributed by atoms with van der Waals surface area (Å²) >= 11 is 0. The lowest BCUT2D eigenvalue weighted by molar-refractivity contribution is 0.181. The lowest BCUT2D eigenvalue weighted by Crippen LogP contribution is -2.22. The molecule has 0 atom stereocenters. The lowest BCUT2D eigenvalue weighted by Gasteiger charge is -2.10. The maximum absolute atomic E-state index is 13.3. The van der Waals surface area contributed by atoms with E-state index < -0.39 is 0 Å². The Balaban J connectivity index is 2.05. The minimum Gasteiger partial charge on any atom is -0.378 e. The smallest absolute Gasteiger partial charge is 0.261 e. The van der Waals surface area contributed by atoms with Crippen LogP contribution in [0.4, 0.5) is 4.39 Å². The number of aromatic nitrogens is 4. The van der Waals surface area contributed by atoms with Gasteiger partial charge in [-0.3, -0.25) is 4.79 Å². The van der Waals surface area contributed by atoms with E-state index in [0.29, 0.717) is 22.2 Å². The maximum Gasteiger partial charge on any atom is 0.261 e. The normalized spacial score (nSPS) is 11.7. The summed E-state index contributed by atoms with van der Waals surface area (Å²) in [6.07, 6.45) is 3.35. The van der Waals surface area contributed by atoms with Gasteiger partial charge in [0.1, 0.15) is 5.82 Å². The van der Waals surface area contributed by atoms with Crippen LogP contribution in [0.1, 0.15) is 25.6 Å². The quantitative estimate of drug-likeness (QED) is 0.554. The van der Waals surface area contributed by atoms with Gasteiger partial charge in [0.2, 0.25) is 0 Å². The van der Waals surface area contributed by atoms with E-state index in [9.17, 15) is 9.18 Å². The van der Waals surface area contributed by atoms with Crippen LogP contribution >= 0.6 is 0 Å². The number of hydrogen-bond acceptors (Lipinski definition) is 4. The minimum atomic E-state index is -0.309. The largest absolute Gasteiger partial charge is 0.378 e. The number of halogens is 1. The molecule has 3 aromatic heterocycles. The highest BCUT2D eigenvalue weighted by molar-refractivity contribution is 5.86. The molecule has 0 spiro atoms. The zero-order valence-electron chi connectivity index (χ0n) is 15.3. The molecule has 0 fully saturated rings. The molecule has 0 aliphatic rings. The highest BCUT2D eigenvalue weighted by Crippen LogP contribution is 2.29. The molecule has 0 amide bonds. The van der Waals surface area contributed by atoms with Gasteiger partial charge in [-0.25, -0.2) is 13.9 Å². The lowest BCUT2D eigenvalue weighted by atomic mass is 10.1. The third-order valence-electron chi connectivity index (χ3n) is 4.58. The van der Waals surface area contributed by atoms with Crippen LogP contribution in [0.15, 0.2) is 47.5 Å². The van der Waals surface area contributed by atoms with Crippen molar-refractivity contribution in [3.05, 3.63) is 64.6 Å². The molecule has 0 bridgehead atoms. The molecule has 6 nitrogen and oxygen atoms in total. The van der Waals surface area contributed by atoms with E-state index in [-0.39, 0.29) is 24.0 Å². The highest BCUT2D eigenvalue weighted by Gasteiger charge is 2.19. The minimum absolute atomic E-state index is 0.0500. The Kier molecular flexibility index (Phi) is 4.24. The number of ether oxygens (including phenoxy) is 1. The van der Waals surface area contributed by atoms with Crippen LogP contribution < -0.4 is 5.56 Å². The van der Waals surface area contributed by atoms with Crippen molar-refractivity contribution in [3.8, 4) is 11.1 Å². The molecule has 0 aliphatic heterocycles. The molecule has 3 heterocycles. The van der Waals surface area contributed by atoms with E-state index in [1.807, 2.05) is 19.9 Å². The Hall–Kier alpha value is -3.06. The summed E-state index contributed by atoms with van der Waals surface area (Å²) in [7, 11) is 1.59. The van der Waals surface area contributed by atoms with Gasteiger partial charge < -0.3 is 9.30 Å². The Morgan fingerprint density at radius 2 is 1.93 bits per heavy atom. The summed E-state index contributed by atoms with van der Waals surface area (Å²) in [6, 6.07) is 8.09. The van der Waals surface area contributed by atoms with Crippen LogP contribution in [0.5, 0.6) is 0 Å². The van der Waals surface area contributed by atoms with Crippen LogP contribution in [-0.2, 0) is 11.3 Å². The molecule has 27 heavy (non-hydrogen) atoms. The summed E-state index contributed by atoms with van der Waals surface area (Å²) < 4.78 is 22.0. The monoisotopic (exact) mass is 366 g/mol. The van der Waals surface area contributed by atoms with Crippen molar-refractivity contribution >= 4 is 16.6 Å². The van der Waals surface area contributed by atoms with E-state index in [4.69, 9.17) is 4.74 Å². The summed E-state index contributed by atoms with van der Waals surface area (Å²) in [6.45, 7) is 4.19. The average molecular weight is 366 g/mol. The third-order valence-corrected chi connectivity index (χ3v) is 4.58. The van der Waals surface area contributed by atoms with E-state index in [2.05, 4.69) is 10.1 Å². The maximum atomic E-state index is 13.3. The zero-order valence-corrected chi connectivity index (χ0v) is 15.3. The van der Waals surface area contributed by atoms with Crippen LogP contribution in [0.2, 0.25) is 0 Å². The van der Waals surface area contributed by atoms with Crippen LogP contribution in [0, 0.1) is 5.82 Å². The zero-order chi connectivity index (χ0) is 19.1. The molecule has 7 heteroatoms.